The molecule has 1 aromatic rings. The first-order chi connectivity index (χ1) is 8.93. The molecule has 0 spiro atoms. The topological polar surface area (TPSA) is 41.1 Å². The number of hydrogen-bond acceptors (Lipinski definition) is 2. The van der Waals surface area contributed by atoms with Crippen molar-refractivity contribution in [3.05, 3.63) is 35.6 Å². The summed E-state index contributed by atoms with van der Waals surface area (Å²) in [6.07, 6.45) is 1.68. The Morgan fingerprint density at radius 3 is 2.47 bits per heavy atom. The van der Waals surface area contributed by atoms with Gasteiger partial charge in [-0.3, -0.25) is 4.79 Å². The van der Waals surface area contributed by atoms with E-state index in [0.717, 1.165) is 18.4 Å². The average molecular weight is 266 g/mol. The predicted molar refractivity (Wildman–Crippen MR) is 75.5 cm³/mol. The smallest absolute Gasteiger partial charge is 0.234 e. The maximum Gasteiger partial charge on any atom is 0.234 e. The van der Waals surface area contributed by atoms with Crippen molar-refractivity contribution >= 4 is 5.91 Å². The molecule has 106 valence electrons. The molecule has 1 aromatic carbocycles. The second kappa shape index (κ2) is 7.24. The number of carbonyl (C=O) groups excluding carboxylic acids is 1. The molecule has 0 atom stereocenters. The minimum absolute atomic E-state index is 0.00551. The van der Waals surface area contributed by atoms with Crippen LogP contribution < -0.4 is 10.6 Å². The van der Waals surface area contributed by atoms with E-state index >= 15 is 0 Å². The summed E-state index contributed by atoms with van der Waals surface area (Å²) >= 11 is 0. The normalized spacial score (nSPS) is 11.4. The van der Waals surface area contributed by atoms with Crippen molar-refractivity contribution in [2.24, 2.45) is 0 Å². The van der Waals surface area contributed by atoms with Crippen LogP contribution in [0, 0.1) is 5.82 Å². The summed E-state index contributed by atoms with van der Waals surface area (Å²) in [5, 5.41) is 6.05. The summed E-state index contributed by atoms with van der Waals surface area (Å²) in [5.41, 5.74) is 0.901. The number of benzene rings is 1. The third kappa shape index (κ3) is 6.34. The van der Waals surface area contributed by atoms with E-state index in [0.29, 0.717) is 13.1 Å². The van der Waals surface area contributed by atoms with Gasteiger partial charge >= 0.3 is 0 Å². The summed E-state index contributed by atoms with van der Waals surface area (Å²) in [6, 6.07) is 6.42. The van der Waals surface area contributed by atoms with Gasteiger partial charge in [0, 0.05) is 5.54 Å². The van der Waals surface area contributed by atoms with E-state index < -0.39 is 0 Å². The van der Waals surface area contributed by atoms with E-state index in [2.05, 4.69) is 10.6 Å². The fourth-order valence-corrected chi connectivity index (χ4v) is 1.60. The number of carbonyl (C=O) groups is 1. The number of amides is 1. The van der Waals surface area contributed by atoms with Crippen LogP contribution in [0.15, 0.2) is 24.3 Å². The molecular formula is C15H23FN2O. The molecular weight excluding hydrogens is 243 g/mol. The summed E-state index contributed by atoms with van der Waals surface area (Å²) < 4.78 is 12.7. The second-order valence-corrected chi connectivity index (χ2v) is 5.34. The summed E-state index contributed by atoms with van der Waals surface area (Å²) in [4.78, 5) is 11.7. The maximum atomic E-state index is 12.7. The molecule has 0 aliphatic heterocycles. The summed E-state index contributed by atoms with van der Waals surface area (Å²) in [5.74, 6) is -0.219. The molecule has 0 saturated heterocycles. The van der Waals surface area contributed by atoms with Gasteiger partial charge in [-0.05, 0) is 50.9 Å². The Morgan fingerprint density at radius 2 is 1.89 bits per heavy atom. The van der Waals surface area contributed by atoms with Crippen LogP contribution >= 0.6 is 0 Å². The number of halogens is 1. The monoisotopic (exact) mass is 266 g/mol. The Bertz CT molecular complexity index is 401. The van der Waals surface area contributed by atoms with Gasteiger partial charge in [0.25, 0.3) is 0 Å². The molecule has 4 heteroatoms. The zero-order valence-electron chi connectivity index (χ0n) is 11.9. The van der Waals surface area contributed by atoms with Gasteiger partial charge in [0.2, 0.25) is 5.91 Å². The fraction of sp³-hybridized carbons (Fsp3) is 0.533. The lowest BCUT2D eigenvalue weighted by molar-refractivity contribution is -0.121. The Kier molecular flexibility index (Phi) is 5.96. The lowest BCUT2D eigenvalue weighted by Gasteiger charge is -2.24. The first-order valence-corrected chi connectivity index (χ1v) is 6.69. The van der Waals surface area contributed by atoms with Crippen LogP contribution in [0.5, 0.6) is 0 Å². The first-order valence-electron chi connectivity index (χ1n) is 6.69. The average Bonchev–Trinajstić information content (AvgIpc) is 2.36. The first kappa shape index (κ1) is 15.6. The van der Waals surface area contributed by atoms with Gasteiger partial charge in [0.05, 0.1) is 6.54 Å². The summed E-state index contributed by atoms with van der Waals surface area (Å²) in [6.45, 7) is 7.06. The maximum absolute atomic E-state index is 12.7. The highest BCUT2D eigenvalue weighted by atomic mass is 19.1. The number of rotatable bonds is 7. The van der Waals surface area contributed by atoms with Crippen molar-refractivity contribution in [1.82, 2.24) is 10.6 Å². The van der Waals surface area contributed by atoms with Crippen LogP contribution in [0.1, 0.15) is 32.8 Å². The Balaban J connectivity index is 2.20. The molecule has 3 nitrogen and oxygen atoms in total. The predicted octanol–water partition coefficient (Wildman–Crippen LogP) is 2.26. The van der Waals surface area contributed by atoms with Gasteiger partial charge in [0.1, 0.15) is 5.82 Å². The molecule has 19 heavy (non-hydrogen) atoms. The van der Waals surface area contributed by atoms with Crippen LogP contribution in [0.25, 0.3) is 0 Å². The number of nitrogens with one attached hydrogen (secondary N) is 2. The van der Waals surface area contributed by atoms with E-state index in [4.69, 9.17) is 0 Å². The molecule has 2 N–H and O–H groups in total. The standard InChI is InChI=1S/C15H23FN2O/c1-4-15(2,3)18-14(19)11-17-10-9-12-5-7-13(16)8-6-12/h5-8,17H,4,9-11H2,1-3H3,(H,18,19). The molecule has 0 heterocycles. The van der Waals surface area contributed by atoms with Crippen molar-refractivity contribution in [3.8, 4) is 0 Å². The molecule has 0 fully saturated rings. The number of hydrogen-bond donors (Lipinski definition) is 2. The van der Waals surface area contributed by atoms with Crippen molar-refractivity contribution in [1.29, 1.82) is 0 Å². The van der Waals surface area contributed by atoms with Crippen molar-refractivity contribution in [2.75, 3.05) is 13.1 Å². The lowest BCUT2D eigenvalue weighted by Crippen LogP contribution is -2.46. The van der Waals surface area contributed by atoms with Crippen LogP contribution in [0.4, 0.5) is 4.39 Å². The Labute approximate surface area is 114 Å². The zero-order valence-corrected chi connectivity index (χ0v) is 11.9. The highest BCUT2D eigenvalue weighted by Gasteiger charge is 2.16. The van der Waals surface area contributed by atoms with E-state index in [9.17, 15) is 9.18 Å². The molecule has 0 bridgehead atoms. The minimum atomic E-state index is -0.224. The molecule has 1 amide bonds. The Hall–Kier alpha value is -1.42. The molecule has 0 aliphatic rings. The van der Waals surface area contributed by atoms with E-state index in [-0.39, 0.29) is 17.3 Å². The second-order valence-electron chi connectivity index (χ2n) is 5.34. The van der Waals surface area contributed by atoms with Crippen molar-refractivity contribution in [2.45, 2.75) is 39.2 Å². The van der Waals surface area contributed by atoms with Gasteiger partial charge in [0.15, 0.2) is 0 Å². The van der Waals surface area contributed by atoms with Crippen LogP contribution in [-0.4, -0.2) is 24.5 Å². The molecule has 0 saturated carbocycles. The van der Waals surface area contributed by atoms with Crippen LogP contribution in [-0.2, 0) is 11.2 Å². The van der Waals surface area contributed by atoms with Gasteiger partial charge in [-0.1, -0.05) is 19.1 Å². The SMILES string of the molecule is CCC(C)(C)NC(=O)CNCCc1ccc(F)cc1. The third-order valence-corrected chi connectivity index (χ3v) is 3.15. The zero-order chi connectivity index (χ0) is 14.3. The van der Waals surface area contributed by atoms with Crippen LogP contribution in [0.3, 0.4) is 0 Å². The summed E-state index contributed by atoms with van der Waals surface area (Å²) in [7, 11) is 0. The minimum Gasteiger partial charge on any atom is -0.350 e. The molecule has 0 radical (unpaired) electrons. The molecule has 0 unspecified atom stereocenters. The van der Waals surface area contributed by atoms with Crippen LogP contribution in [0.2, 0.25) is 0 Å². The third-order valence-electron chi connectivity index (χ3n) is 3.15. The lowest BCUT2D eigenvalue weighted by atomic mass is 10.0. The van der Waals surface area contributed by atoms with E-state index in [1.807, 2.05) is 20.8 Å². The van der Waals surface area contributed by atoms with Gasteiger partial charge < -0.3 is 10.6 Å². The van der Waals surface area contributed by atoms with Crippen molar-refractivity contribution in [3.63, 3.8) is 0 Å². The fourth-order valence-electron chi connectivity index (χ4n) is 1.60. The molecule has 0 aliphatic carbocycles. The van der Waals surface area contributed by atoms with E-state index in [1.54, 1.807) is 12.1 Å². The Morgan fingerprint density at radius 1 is 1.26 bits per heavy atom. The quantitative estimate of drug-likeness (QED) is 0.743. The highest BCUT2D eigenvalue weighted by Crippen LogP contribution is 2.06. The molecule has 0 aromatic heterocycles. The van der Waals surface area contributed by atoms with Gasteiger partial charge in [-0.15, -0.1) is 0 Å². The van der Waals surface area contributed by atoms with E-state index in [1.165, 1.54) is 12.1 Å². The largest absolute Gasteiger partial charge is 0.350 e. The highest BCUT2D eigenvalue weighted by molar-refractivity contribution is 5.78. The van der Waals surface area contributed by atoms with Crippen molar-refractivity contribution < 1.29 is 9.18 Å². The van der Waals surface area contributed by atoms with Gasteiger partial charge in [-0.2, -0.15) is 0 Å². The van der Waals surface area contributed by atoms with Gasteiger partial charge in [-0.25, -0.2) is 4.39 Å². The molecule has 1 rings (SSSR count).